The molecule has 354 valence electrons. The van der Waals surface area contributed by atoms with Crippen LogP contribution in [0, 0.1) is 5.92 Å². The molecule has 0 aromatic carbocycles. The van der Waals surface area contributed by atoms with E-state index in [4.69, 9.17) is 16.6 Å². The number of aliphatic hydroxyl groups is 1. The van der Waals surface area contributed by atoms with Crippen molar-refractivity contribution in [3.05, 3.63) is 18.2 Å². The van der Waals surface area contributed by atoms with E-state index in [1.165, 1.54) is 29.2 Å². The van der Waals surface area contributed by atoms with Gasteiger partial charge in [-0.25, -0.2) is 4.98 Å². The molecule has 25 nitrogen and oxygen atoms in total. The van der Waals surface area contributed by atoms with Crippen molar-refractivity contribution in [3.63, 3.8) is 0 Å². The largest absolute Gasteiger partial charge is 0.481 e. The summed E-state index contributed by atoms with van der Waals surface area (Å²) in [4.78, 5) is 149. The number of primary amides is 1. The molecule has 0 unspecified atom stereocenters. The fraction of sp³-hybridized carbons (Fsp3) is 0.641. The summed E-state index contributed by atoms with van der Waals surface area (Å²) in [5, 5.41) is 33.8. The lowest BCUT2D eigenvalue weighted by molar-refractivity contribution is -0.142. The number of aromatic amines is 1. The third kappa shape index (κ3) is 15.4. The van der Waals surface area contributed by atoms with Crippen LogP contribution < -0.4 is 43.4 Å². The smallest absolute Gasteiger partial charge is 0.303 e. The summed E-state index contributed by atoms with van der Waals surface area (Å²) in [6.07, 6.45) is 3.21. The first-order chi connectivity index (χ1) is 30.3. The first-order valence-corrected chi connectivity index (χ1v) is 21.0. The number of rotatable bonds is 25. The first kappa shape index (κ1) is 51.8. The molecule has 1 aromatic rings. The van der Waals surface area contributed by atoms with Crippen LogP contribution in [-0.4, -0.2) is 170 Å². The Balaban J connectivity index is 1.65. The molecule has 3 heterocycles. The molecular weight excluding hydrogens is 844 g/mol. The van der Waals surface area contributed by atoms with Crippen LogP contribution in [0.3, 0.4) is 0 Å². The molecule has 9 amide bonds. The van der Waals surface area contributed by atoms with Crippen LogP contribution in [0.4, 0.5) is 0 Å². The molecule has 2 fully saturated rings. The SMILES string of the molecule is CC(C)[C@@H](C=O)NC(=O)CNC(=O)[C@H](Cc1cnc[nH]1)NC(=O)[C@@H]1CCCN1C(=O)[C@H](C)NC(=O)[C@H](CO)NC(=O)[C@H](CCC(N)=O)NC(=O)[C@@H]1CCCN1C(=O)[C@@H](N)CCC(=O)O. The van der Waals surface area contributed by atoms with Crippen molar-refractivity contribution in [1.82, 2.24) is 51.7 Å². The lowest BCUT2D eigenvalue weighted by Crippen LogP contribution is -2.60. The Hall–Kier alpha value is -6.50. The number of aromatic nitrogens is 2. The molecule has 0 spiro atoms. The van der Waals surface area contributed by atoms with Gasteiger partial charge in [-0.05, 0) is 51.4 Å². The summed E-state index contributed by atoms with van der Waals surface area (Å²) in [5.74, 6) is -8.44. The molecule has 0 bridgehead atoms. The number of likely N-dealkylation sites (tertiary alicyclic amines) is 2. The Morgan fingerprint density at radius 2 is 1.41 bits per heavy atom. The van der Waals surface area contributed by atoms with Crippen LogP contribution in [0.1, 0.15) is 77.8 Å². The predicted octanol–water partition coefficient (Wildman–Crippen LogP) is -5.20. The van der Waals surface area contributed by atoms with Gasteiger partial charge in [0.15, 0.2) is 0 Å². The number of nitrogens with zero attached hydrogens (tertiary/aromatic N) is 3. The normalized spacial score (nSPS) is 18.7. The topological polar surface area (TPSA) is 388 Å². The zero-order valence-corrected chi connectivity index (χ0v) is 36.0. The van der Waals surface area contributed by atoms with E-state index in [0.717, 1.165) is 0 Å². The van der Waals surface area contributed by atoms with Crippen molar-refractivity contribution in [3.8, 4) is 0 Å². The standard InChI is InChI=1S/C39H60N12O13/c1-20(2)26(17-52)46-31(55)16-43-33(58)25(14-22-15-42-19-44-22)48-37(62)28-6-4-12-50(28)38(63)21(3)45-35(60)27(18-53)49-34(59)24(9-10-30(41)54)47-36(61)29-7-5-13-51(29)39(64)23(40)8-11-32(56)57/h15,17,19-21,23-29,53H,4-14,16,18,40H2,1-3H3,(H2,41,54)(H,42,44)(H,43,58)(H,45,60)(H,46,55)(H,47,61)(H,48,62)(H,49,59)(H,56,57)/t21-,23-,24-,25-,26+,27-,28-,29-/m0/s1. The van der Waals surface area contributed by atoms with Crippen LogP contribution in [0.25, 0.3) is 0 Å². The molecular formula is C39H60N12O13. The van der Waals surface area contributed by atoms with E-state index in [1.807, 2.05) is 0 Å². The van der Waals surface area contributed by atoms with Gasteiger partial charge in [-0.3, -0.25) is 47.9 Å². The highest BCUT2D eigenvalue weighted by molar-refractivity contribution is 5.98. The second kappa shape index (κ2) is 25.0. The summed E-state index contributed by atoms with van der Waals surface area (Å²) in [6.45, 7) is 3.55. The number of carbonyl (C=O) groups excluding carboxylic acids is 10. The van der Waals surface area contributed by atoms with Gasteiger partial charge in [0.05, 0.1) is 31.6 Å². The number of carbonyl (C=O) groups is 11. The van der Waals surface area contributed by atoms with Gasteiger partial charge in [0.1, 0.15) is 42.5 Å². The molecule has 0 saturated carbocycles. The molecule has 3 rings (SSSR count). The molecule has 1 aromatic heterocycles. The van der Waals surface area contributed by atoms with Crippen molar-refractivity contribution in [2.24, 2.45) is 17.4 Å². The average Bonchev–Trinajstić information content (AvgIpc) is 4.06. The second-order valence-corrected chi connectivity index (χ2v) is 16.0. The highest BCUT2D eigenvalue weighted by Crippen LogP contribution is 2.21. The molecule has 2 aliphatic heterocycles. The van der Waals surface area contributed by atoms with Crippen molar-refractivity contribution in [2.75, 3.05) is 26.2 Å². The number of amides is 9. The number of aliphatic carboxylic acids is 1. The summed E-state index contributed by atoms with van der Waals surface area (Å²) < 4.78 is 0. The van der Waals surface area contributed by atoms with Gasteiger partial charge in [0.2, 0.25) is 53.2 Å². The number of H-pyrrole nitrogens is 1. The number of aliphatic hydroxyl groups excluding tert-OH is 1. The Kier molecular flexibility index (Phi) is 20.2. The fourth-order valence-corrected chi connectivity index (χ4v) is 7.11. The quantitative estimate of drug-likeness (QED) is 0.0409. The minimum Gasteiger partial charge on any atom is -0.481 e. The van der Waals surface area contributed by atoms with Gasteiger partial charge in [-0.1, -0.05) is 13.8 Å². The fourth-order valence-electron chi connectivity index (χ4n) is 7.11. The van der Waals surface area contributed by atoms with Gasteiger partial charge in [-0.15, -0.1) is 0 Å². The van der Waals surface area contributed by atoms with Crippen molar-refractivity contribution in [1.29, 1.82) is 0 Å². The number of aldehydes is 1. The zero-order chi connectivity index (χ0) is 47.7. The lowest BCUT2D eigenvalue weighted by atomic mass is 10.1. The van der Waals surface area contributed by atoms with Gasteiger partial charge < -0.3 is 73.2 Å². The molecule has 13 N–H and O–H groups in total. The van der Waals surface area contributed by atoms with Crippen molar-refractivity contribution < 1.29 is 63.0 Å². The molecule has 2 saturated heterocycles. The van der Waals surface area contributed by atoms with Crippen LogP contribution >= 0.6 is 0 Å². The number of nitrogens with one attached hydrogen (secondary N) is 7. The van der Waals surface area contributed by atoms with E-state index in [-0.39, 0.29) is 64.0 Å². The summed E-state index contributed by atoms with van der Waals surface area (Å²) >= 11 is 0. The number of imidazole rings is 1. The molecule has 25 heteroatoms. The Morgan fingerprint density at radius 1 is 0.812 bits per heavy atom. The molecule has 64 heavy (non-hydrogen) atoms. The number of hydrogen-bond acceptors (Lipinski definition) is 14. The summed E-state index contributed by atoms with van der Waals surface area (Å²) in [7, 11) is 0. The lowest BCUT2D eigenvalue weighted by Gasteiger charge is -2.30. The maximum Gasteiger partial charge on any atom is 0.303 e. The van der Waals surface area contributed by atoms with Gasteiger partial charge in [-0.2, -0.15) is 0 Å². The average molecular weight is 905 g/mol. The minimum absolute atomic E-state index is 0.0692. The summed E-state index contributed by atoms with van der Waals surface area (Å²) in [5.41, 5.74) is 11.6. The highest BCUT2D eigenvalue weighted by atomic mass is 16.4. The van der Waals surface area contributed by atoms with E-state index < -0.39 is 121 Å². The zero-order valence-electron chi connectivity index (χ0n) is 36.0. The Bertz CT molecular complexity index is 1860. The van der Waals surface area contributed by atoms with Crippen LogP contribution in [-0.2, 0) is 59.2 Å². The van der Waals surface area contributed by atoms with E-state index in [1.54, 1.807) is 13.8 Å². The molecule has 0 aliphatic carbocycles. The molecule has 0 radical (unpaired) electrons. The van der Waals surface area contributed by atoms with Gasteiger partial charge in [0.25, 0.3) is 0 Å². The van der Waals surface area contributed by atoms with E-state index in [0.29, 0.717) is 24.8 Å². The Labute approximate surface area is 368 Å². The van der Waals surface area contributed by atoms with E-state index >= 15 is 0 Å². The minimum atomic E-state index is -1.68. The van der Waals surface area contributed by atoms with Crippen LogP contribution in [0.2, 0.25) is 0 Å². The first-order valence-electron chi connectivity index (χ1n) is 21.0. The maximum absolute atomic E-state index is 13.7. The van der Waals surface area contributed by atoms with Gasteiger partial charge >= 0.3 is 5.97 Å². The molecule has 2 aliphatic rings. The molecule has 8 atom stereocenters. The van der Waals surface area contributed by atoms with Crippen molar-refractivity contribution >= 4 is 65.4 Å². The third-order valence-electron chi connectivity index (χ3n) is 10.7. The van der Waals surface area contributed by atoms with Crippen LogP contribution in [0.5, 0.6) is 0 Å². The summed E-state index contributed by atoms with van der Waals surface area (Å²) in [6, 6.07) is -9.85. The Morgan fingerprint density at radius 3 is 1.94 bits per heavy atom. The van der Waals surface area contributed by atoms with Gasteiger partial charge in [0, 0.05) is 44.2 Å². The monoisotopic (exact) mass is 904 g/mol. The number of hydrogen-bond donors (Lipinski definition) is 11. The van der Waals surface area contributed by atoms with Crippen molar-refractivity contribution in [2.45, 2.75) is 127 Å². The van der Waals surface area contributed by atoms with E-state index in [9.17, 15) is 57.8 Å². The second-order valence-electron chi connectivity index (χ2n) is 16.0. The van der Waals surface area contributed by atoms with E-state index in [2.05, 4.69) is 41.9 Å². The predicted molar refractivity (Wildman–Crippen MR) is 221 cm³/mol. The number of carboxylic acids is 1. The number of nitrogens with two attached hydrogens (primary N) is 2. The maximum atomic E-state index is 13.7. The highest BCUT2D eigenvalue weighted by Gasteiger charge is 2.40. The van der Waals surface area contributed by atoms with Crippen LogP contribution in [0.15, 0.2) is 12.5 Å². The third-order valence-corrected chi connectivity index (χ3v) is 10.7. The number of carboxylic acid groups (broad SMARTS) is 1.